The molecule has 0 heteroatoms. The maximum atomic E-state index is 2.33. The SMILES string of the molecule is CCC/C(=C\C=C(/C)Cc1ccc(C)cc1)C(C)C. The van der Waals surface area contributed by atoms with Crippen LogP contribution in [0.5, 0.6) is 0 Å². The van der Waals surface area contributed by atoms with Crippen LogP contribution >= 0.6 is 0 Å². The lowest BCUT2D eigenvalue weighted by molar-refractivity contribution is 0.702. The fourth-order valence-corrected chi connectivity index (χ4v) is 2.19. The lowest BCUT2D eigenvalue weighted by Crippen LogP contribution is -1.93. The Labute approximate surface area is 119 Å². The molecule has 0 unspecified atom stereocenters. The molecule has 0 aliphatic rings. The van der Waals surface area contributed by atoms with Crippen molar-refractivity contribution in [2.45, 2.75) is 53.9 Å². The Balaban J connectivity index is 2.70. The molecule has 104 valence electrons. The number of hydrogen-bond donors (Lipinski definition) is 0. The van der Waals surface area contributed by atoms with E-state index in [0.29, 0.717) is 5.92 Å². The second-order valence-corrected chi connectivity index (χ2v) is 5.82. The molecule has 0 spiro atoms. The molecule has 0 bridgehead atoms. The zero-order valence-electron chi connectivity index (χ0n) is 13.2. The van der Waals surface area contributed by atoms with E-state index in [9.17, 15) is 0 Å². The first-order valence-electron chi connectivity index (χ1n) is 7.44. The summed E-state index contributed by atoms with van der Waals surface area (Å²) in [7, 11) is 0. The summed E-state index contributed by atoms with van der Waals surface area (Å²) in [5.74, 6) is 0.656. The van der Waals surface area contributed by atoms with Gasteiger partial charge in [-0.05, 0) is 38.2 Å². The molecule has 19 heavy (non-hydrogen) atoms. The Morgan fingerprint density at radius 3 is 2.26 bits per heavy atom. The van der Waals surface area contributed by atoms with Gasteiger partial charge >= 0.3 is 0 Å². The molecule has 0 aromatic heterocycles. The van der Waals surface area contributed by atoms with E-state index < -0.39 is 0 Å². The van der Waals surface area contributed by atoms with Gasteiger partial charge in [-0.3, -0.25) is 0 Å². The molecule has 1 aromatic carbocycles. The monoisotopic (exact) mass is 256 g/mol. The van der Waals surface area contributed by atoms with Crippen LogP contribution in [0.2, 0.25) is 0 Å². The van der Waals surface area contributed by atoms with Crippen LogP contribution in [0.15, 0.2) is 47.6 Å². The maximum Gasteiger partial charge on any atom is -0.00668 e. The summed E-state index contributed by atoms with van der Waals surface area (Å²) in [6, 6.07) is 8.84. The molecule has 1 rings (SSSR count). The third-order valence-corrected chi connectivity index (χ3v) is 3.47. The van der Waals surface area contributed by atoms with Crippen molar-refractivity contribution in [2.75, 3.05) is 0 Å². The van der Waals surface area contributed by atoms with Gasteiger partial charge in [-0.15, -0.1) is 0 Å². The molecule has 1 aromatic rings. The van der Waals surface area contributed by atoms with Crippen molar-refractivity contribution in [2.24, 2.45) is 5.92 Å². The van der Waals surface area contributed by atoms with Crippen molar-refractivity contribution in [1.82, 2.24) is 0 Å². The van der Waals surface area contributed by atoms with Gasteiger partial charge in [0.15, 0.2) is 0 Å². The molecule has 0 N–H and O–H groups in total. The second kappa shape index (κ2) is 7.99. The highest BCUT2D eigenvalue weighted by Crippen LogP contribution is 2.17. The smallest absolute Gasteiger partial charge is 0.00668 e. The predicted molar refractivity (Wildman–Crippen MR) is 86.5 cm³/mol. The predicted octanol–water partition coefficient (Wildman–Crippen LogP) is 5.87. The Morgan fingerprint density at radius 2 is 1.74 bits per heavy atom. The number of benzene rings is 1. The van der Waals surface area contributed by atoms with Crippen LogP contribution in [0, 0.1) is 12.8 Å². The Morgan fingerprint density at radius 1 is 1.11 bits per heavy atom. The van der Waals surface area contributed by atoms with Crippen molar-refractivity contribution in [3.05, 3.63) is 58.7 Å². The van der Waals surface area contributed by atoms with Gasteiger partial charge in [0.25, 0.3) is 0 Å². The third kappa shape index (κ3) is 5.92. The van der Waals surface area contributed by atoms with E-state index in [1.807, 2.05) is 0 Å². The molecule has 0 nitrogen and oxygen atoms in total. The van der Waals surface area contributed by atoms with E-state index >= 15 is 0 Å². The van der Waals surface area contributed by atoms with Gasteiger partial charge in [-0.1, -0.05) is 80.3 Å². The topological polar surface area (TPSA) is 0 Å². The summed E-state index contributed by atoms with van der Waals surface area (Å²) in [6.45, 7) is 11.2. The average molecular weight is 256 g/mol. The Hall–Kier alpha value is -1.30. The standard InChI is InChI=1S/C19H28/c1-6-7-19(15(2)3)13-10-17(5)14-18-11-8-16(4)9-12-18/h8-13,15H,6-7,14H2,1-5H3/b17-10+,19-13+. The van der Waals surface area contributed by atoms with Gasteiger partial charge in [0.05, 0.1) is 0 Å². The maximum absolute atomic E-state index is 2.33. The van der Waals surface area contributed by atoms with Crippen LogP contribution < -0.4 is 0 Å². The van der Waals surface area contributed by atoms with Crippen LogP contribution in [-0.2, 0) is 6.42 Å². The normalized spacial score (nSPS) is 13.2. The van der Waals surface area contributed by atoms with Crippen molar-refractivity contribution in [1.29, 1.82) is 0 Å². The van der Waals surface area contributed by atoms with Gasteiger partial charge in [0, 0.05) is 0 Å². The molecule has 0 heterocycles. The van der Waals surface area contributed by atoms with Gasteiger partial charge in [0.1, 0.15) is 0 Å². The Kier molecular flexibility index (Phi) is 6.62. The minimum atomic E-state index is 0.656. The molecular weight excluding hydrogens is 228 g/mol. The zero-order chi connectivity index (χ0) is 14.3. The first-order chi connectivity index (χ1) is 9.02. The second-order valence-electron chi connectivity index (χ2n) is 5.82. The lowest BCUT2D eigenvalue weighted by atomic mass is 9.97. The molecule has 0 aliphatic heterocycles. The average Bonchev–Trinajstić information content (AvgIpc) is 2.37. The fourth-order valence-electron chi connectivity index (χ4n) is 2.19. The summed E-state index contributed by atoms with van der Waals surface area (Å²) in [5, 5.41) is 0. The quantitative estimate of drug-likeness (QED) is 0.559. The molecule has 0 atom stereocenters. The minimum Gasteiger partial charge on any atom is -0.0689 e. The van der Waals surface area contributed by atoms with Crippen LogP contribution in [0.3, 0.4) is 0 Å². The summed E-state index contributed by atoms with van der Waals surface area (Å²) >= 11 is 0. The third-order valence-electron chi connectivity index (χ3n) is 3.47. The van der Waals surface area contributed by atoms with Crippen LogP contribution in [0.4, 0.5) is 0 Å². The van der Waals surface area contributed by atoms with E-state index in [1.165, 1.54) is 29.5 Å². The first-order valence-corrected chi connectivity index (χ1v) is 7.44. The summed E-state index contributed by atoms with van der Waals surface area (Å²) in [5.41, 5.74) is 5.72. The highest BCUT2D eigenvalue weighted by Gasteiger charge is 2.00. The molecule has 0 amide bonds. The van der Waals surface area contributed by atoms with E-state index in [0.717, 1.165) is 6.42 Å². The molecular formula is C19H28. The molecule has 0 saturated heterocycles. The van der Waals surface area contributed by atoms with Gasteiger partial charge in [0.2, 0.25) is 0 Å². The highest BCUT2D eigenvalue weighted by molar-refractivity contribution is 5.27. The lowest BCUT2D eigenvalue weighted by Gasteiger charge is -2.09. The van der Waals surface area contributed by atoms with Crippen LogP contribution in [0.25, 0.3) is 0 Å². The summed E-state index contributed by atoms with van der Waals surface area (Å²) < 4.78 is 0. The fraction of sp³-hybridized carbons (Fsp3) is 0.474. The number of aryl methyl sites for hydroxylation is 1. The molecule has 0 fully saturated rings. The van der Waals surface area contributed by atoms with Gasteiger partial charge in [-0.2, -0.15) is 0 Å². The van der Waals surface area contributed by atoms with Crippen molar-refractivity contribution in [3.8, 4) is 0 Å². The number of allylic oxidation sites excluding steroid dienone is 4. The van der Waals surface area contributed by atoms with Gasteiger partial charge in [-0.25, -0.2) is 0 Å². The van der Waals surface area contributed by atoms with Gasteiger partial charge < -0.3 is 0 Å². The molecule has 0 radical (unpaired) electrons. The highest BCUT2D eigenvalue weighted by atomic mass is 14.1. The number of hydrogen-bond acceptors (Lipinski definition) is 0. The summed E-state index contributed by atoms with van der Waals surface area (Å²) in [4.78, 5) is 0. The largest absolute Gasteiger partial charge is 0.0689 e. The van der Waals surface area contributed by atoms with E-state index in [-0.39, 0.29) is 0 Å². The molecule has 0 saturated carbocycles. The Bertz CT molecular complexity index is 430. The van der Waals surface area contributed by atoms with Crippen molar-refractivity contribution < 1.29 is 0 Å². The molecule has 0 aliphatic carbocycles. The first kappa shape index (κ1) is 15.8. The van der Waals surface area contributed by atoms with E-state index in [4.69, 9.17) is 0 Å². The van der Waals surface area contributed by atoms with E-state index in [2.05, 4.69) is 71.0 Å². The number of rotatable bonds is 6. The zero-order valence-corrected chi connectivity index (χ0v) is 13.2. The van der Waals surface area contributed by atoms with Crippen LogP contribution in [0.1, 0.15) is 51.7 Å². The summed E-state index contributed by atoms with van der Waals surface area (Å²) in [6.07, 6.45) is 8.12. The van der Waals surface area contributed by atoms with Crippen molar-refractivity contribution >= 4 is 0 Å². The van der Waals surface area contributed by atoms with Crippen molar-refractivity contribution in [3.63, 3.8) is 0 Å². The van der Waals surface area contributed by atoms with E-state index in [1.54, 1.807) is 5.57 Å². The minimum absolute atomic E-state index is 0.656. The van der Waals surface area contributed by atoms with Crippen LogP contribution in [-0.4, -0.2) is 0 Å².